The summed E-state index contributed by atoms with van der Waals surface area (Å²) in [6.07, 6.45) is 3.06. The zero-order chi connectivity index (χ0) is 7.33. The van der Waals surface area contributed by atoms with Crippen molar-refractivity contribution >= 4 is 6.21 Å². The van der Waals surface area contributed by atoms with Crippen molar-refractivity contribution in [2.24, 2.45) is 10.5 Å². The minimum Gasteiger partial charge on any atom is -0.313 e. The van der Waals surface area contributed by atoms with Gasteiger partial charge in [-0.3, -0.25) is 0 Å². The molecule has 9 heavy (non-hydrogen) atoms. The molecule has 0 rings (SSSR count). The Balaban J connectivity index is 3.70. The van der Waals surface area contributed by atoms with E-state index in [1.165, 1.54) is 0 Å². The van der Waals surface area contributed by atoms with Crippen LogP contribution in [-0.2, 0) is 0 Å². The fourth-order valence-electron chi connectivity index (χ4n) is 0.331. The lowest BCUT2D eigenvalue weighted by atomic mass is 9.92. The maximum Gasteiger partial charge on any atom is 0.0298 e. The van der Waals surface area contributed by atoms with Gasteiger partial charge in [0.1, 0.15) is 0 Å². The van der Waals surface area contributed by atoms with E-state index in [1.54, 1.807) is 0 Å². The lowest BCUT2D eigenvalue weighted by molar-refractivity contribution is 0.512. The lowest BCUT2D eigenvalue weighted by Gasteiger charge is -2.14. The van der Waals surface area contributed by atoms with E-state index in [0.717, 1.165) is 6.42 Å². The summed E-state index contributed by atoms with van der Waals surface area (Å²) in [5.74, 6) is 0. The summed E-state index contributed by atoms with van der Waals surface area (Å²) in [5.41, 5.74) is 2.97. The van der Waals surface area contributed by atoms with Gasteiger partial charge in [0.15, 0.2) is 0 Å². The third-order valence-corrected chi connectivity index (χ3v) is 1.45. The van der Waals surface area contributed by atoms with Gasteiger partial charge < -0.3 is 5.43 Å². The van der Waals surface area contributed by atoms with Crippen LogP contribution in [0.5, 0.6) is 0 Å². The molecule has 0 heterocycles. The molecule has 0 aliphatic rings. The Labute approximate surface area is 57.3 Å². The van der Waals surface area contributed by atoms with Gasteiger partial charge in [-0.25, -0.2) is 0 Å². The molecule has 0 saturated carbocycles. The highest BCUT2D eigenvalue weighted by atomic mass is 15.3. The van der Waals surface area contributed by atoms with Crippen molar-refractivity contribution in [3.8, 4) is 0 Å². The molecule has 1 N–H and O–H groups in total. The van der Waals surface area contributed by atoms with Gasteiger partial charge in [-0.05, 0) is 6.42 Å². The molecule has 0 saturated heterocycles. The smallest absolute Gasteiger partial charge is 0.0298 e. The van der Waals surface area contributed by atoms with Crippen LogP contribution < -0.4 is 5.43 Å². The Bertz CT molecular complexity index is 95.1. The second-order valence-corrected chi connectivity index (χ2v) is 2.82. The molecule has 0 radical (unpaired) electrons. The number of hydrogen-bond acceptors (Lipinski definition) is 2. The largest absolute Gasteiger partial charge is 0.313 e. The summed E-state index contributed by atoms with van der Waals surface area (Å²) in [7, 11) is 1.81. The number of rotatable bonds is 3. The molecular weight excluding hydrogens is 112 g/mol. The van der Waals surface area contributed by atoms with Crippen LogP contribution in [0.2, 0.25) is 0 Å². The van der Waals surface area contributed by atoms with Gasteiger partial charge in [0.05, 0.1) is 0 Å². The van der Waals surface area contributed by atoms with Gasteiger partial charge in [-0.1, -0.05) is 20.8 Å². The monoisotopic (exact) mass is 128 g/mol. The van der Waals surface area contributed by atoms with Crippen molar-refractivity contribution in [3.63, 3.8) is 0 Å². The van der Waals surface area contributed by atoms with Crippen molar-refractivity contribution in [2.75, 3.05) is 7.05 Å². The molecule has 0 aliphatic carbocycles. The topological polar surface area (TPSA) is 24.4 Å². The van der Waals surface area contributed by atoms with Crippen LogP contribution in [0.15, 0.2) is 5.10 Å². The third kappa shape index (κ3) is 4.01. The minimum atomic E-state index is 0.239. The third-order valence-electron chi connectivity index (χ3n) is 1.45. The first-order chi connectivity index (χ1) is 4.12. The van der Waals surface area contributed by atoms with Gasteiger partial charge in [0.25, 0.3) is 0 Å². The normalized spacial score (nSPS) is 12.4. The van der Waals surface area contributed by atoms with E-state index in [9.17, 15) is 0 Å². The van der Waals surface area contributed by atoms with Crippen molar-refractivity contribution in [2.45, 2.75) is 27.2 Å². The van der Waals surface area contributed by atoms with Crippen molar-refractivity contribution in [1.82, 2.24) is 5.43 Å². The van der Waals surface area contributed by atoms with Crippen LogP contribution >= 0.6 is 0 Å². The Kier molecular flexibility index (Phi) is 3.28. The molecule has 0 aromatic carbocycles. The van der Waals surface area contributed by atoms with E-state index in [1.807, 2.05) is 13.3 Å². The zero-order valence-corrected chi connectivity index (χ0v) is 6.73. The van der Waals surface area contributed by atoms with Crippen LogP contribution in [0.4, 0.5) is 0 Å². The van der Waals surface area contributed by atoms with Crippen LogP contribution in [0.1, 0.15) is 27.2 Å². The van der Waals surface area contributed by atoms with Gasteiger partial charge in [0.2, 0.25) is 0 Å². The Morgan fingerprint density at radius 3 is 2.44 bits per heavy atom. The van der Waals surface area contributed by atoms with E-state index in [4.69, 9.17) is 0 Å². The maximum absolute atomic E-state index is 3.94. The Morgan fingerprint density at radius 1 is 1.56 bits per heavy atom. The molecule has 0 aromatic heterocycles. The number of nitrogens with one attached hydrogen (secondary N) is 1. The molecule has 2 heteroatoms. The zero-order valence-electron chi connectivity index (χ0n) is 6.73. The number of hydrazone groups is 1. The van der Waals surface area contributed by atoms with Crippen molar-refractivity contribution in [1.29, 1.82) is 0 Å². The summed E-state index contributed by atoms with van der Waals surface area (Å²) >= 11 is 0. The summed E-state index contributed by atoms with van der Waals surface area (Å²) in [5, 5.41) is 3.94. The summed E-state index contributed by atoms with van der Waals surface area (Å²) in [6, 6.07) is 0. The average molecular weight is 128 g/mol. The molecule has 0 unspecified atom stereocenters. The van der Waals surface area contributed by atoms with Gasteiger partial charge in [0, 0.05) is 18.7 Å². The standard InChI is InChI=1S/C7H16N2/c1-5-7(2,3)6-9-8-4/h6,8H,5H2,1-4H3/b9-6-. The Hall–Kier alpha value is -0.530. The predicted molar refractivity (Wildman–Crippen MR) is 41.6 cm³/mol. The van der Waals surface area contributed by atoms with Crippen LogP contribution in [0, 0.1) is 5.41 Å². The molecule has 0 aromatic rings. The fraction of sp³-hybridized carbons (Fsp3) is 0.857. The molecule has 54 valence electrons. The van der Waals surface area contributed by atoms with Crippen LogP contribution in [0.3, 0.4) is 0 Å². The second kappa shape index (κ2) is 3.49. The highest BCUT2D eigenvalue weighted by molar-refractivity contribution is 5.64. The van der Waals surface area contributed by atoms with Crippen molar-refractivity contribution in [3.05, 3.63) is 0 Å². The summed E-state index contributed by atoms with van der Waals surface area (Å²) < 4.78 is 0. The van der Waals surface area contributed by atoms with E-state index < -0.39 is 0 Å². The molecule has 0 fully saturated rings. The molecule has 0 spiro atoms. The van der Waals surface area contributed by atoms with E-state index in [-0.39, 0.29) is 5.41 Å². The van der Waals surface area contributed by atoms with Gasteiger partial charge in [-0.15, -0.1) is 0 Å². The van der Waals surface area contributed by atoms with E-state index in [0.29, 0.717) is 0 Å². The van der Waals surface area contributed by atoms with Crippen molar-refractivity contribution < 1.29 is 0 Å². The molecule has 0 amide bonds. The maximum atomic E-state index is 3.94. The van der Waals surface area contributed by atoms with Gasteiger partial charge in [-0.2, -0.15) is 5.10 Å². The first-order valence-corrected chi connectivity index (χ1v) is 3.33. The average Bonchev–Trinajstić information content (AvgIpc) is 1.84. The minimum absolute atomic E-state index is 0.239. The molecule has 0 aliphatic heterocycles. The summed E-state index contributed by atoms with van der Waals surface area (Å²) in [4.78, 5) is 0. The molecule has 0 atom stereocenters. The van der Waals surface area contributed by atoms with E-state index >= 15 is 0 Å². The highest BCUT2D eigenvalue weighted by Gasteiger charge is 2.10. The first kappa shape index (κ1) is 8.47. The predicted octanol–water partition coefficient (Wildman–Crippen LogP) is 1.63. The van der Waals surface area contributed by atoms with Gasteiger partial charge >= 0.3 is 0 Å². The molecule has 0 bridgehead atoms. The lowest BCUT2D eigenvalue weighted by Crippen LogP contribution is -2.13. The quantitative estimate of drug-likeness (QED) is 0.453. The first-order valence-electron chi connectivity index (χ1n) is 3.33. The fourth-order valence-corrected chi connectivity index (χ4v) is 0.331. The van der Waals surface area contributed by atoms with Crippen LogP contribution in [0.25, 0.3) is 0 Å². The molecule has 2 nitrogen and oxygen atoms in total. The second-order valence-electron chi connectivity index (χ2n) is 2.82. The SMILES string of the molecule is CCC(C)(C)/C=N\NC. The summed E-state index contributed by atoms with van der Waals surface area (Å²) in [6.45, 7) is 6.48. The number of hydrogen-bond donors (Lipinski definition) is 1. The van der Waals surface area contributed by atoms with E-state index in [2.05, 4.69) is 31.3 Å². The Morgan fingerprint density at radius 2 is 2.11 bits per heavy atom. The van der Waals surface area contributed by atoms with Crippen LogP contribution in [-0.4, -0.2) is 13.3 Å². The highest BCUT2D eigenvalue weighted by Crippen LogP contribution is 2.15. The molecular formula is C7H16N2. The number of nitrogens with zero attached hydrogens (tertiary/aromatic N) is 1.